The summed E-state index contributed by atoms with van der Waals surface area (Å²) in [6.07, 6.45) is 0. The number of nitrogens with one attached hydrogen (secondary N) is 1. The molecular weight excluding hydrogens is 258 g/mol. The summed E-state index contributed by atoms with van der Waals surface area (Å²) in [4.78, 5) is 11.8. The lowest BCUT2D eigenvalue weighted by Crippen LogP contribution is -2.35. The number of hydrogen-bond donors (Lipinski definition) is 1. The Morgan fingerprint density at radius 1 is 1.53 bits per heavy atom. The maximum Gasteiger partial charge on any atom is 0.252 e. The van der Waals surface area contributed by atoms with Gasteiger partial charge in [-0.2, -0.15) is 0 Å². The Kier molecular flexibility index (Phi) is 4.78. The predicted molar refractivity (Wildman–Crippen MR) is 62.9 cm³/mol. The summed E-state index contributed by atoms with van der Waals surface area (Å²) in [7, 11) is 1.61. The van der Waals surface area contributed by atoms with Crippen molar-refractivity contribution in [3.63, 3.8) is 0 Å². The molecule has 1 amide bonds. The van der Waals surface area contributed by atoms with Gasteiger partial charge in [-0.3, -0.25) is 4.79 Å². The molecule has 0 fully saturated rings. The largest absolute Gasteiger partial charge is 0.383 e. The molecule has 3 nitrogen and oxygen atoms in total. The van der Waals surface area contributed by atoms with Crippen molar-refractivity contribution >= 4 is 21.8 Å². The molecule has 0 aliphatic rings. The van der Waals surface area contributed by atoms with Gasteiger partial charge in [0, 0.05) is 17.6 Å². The number of methoxy groups -OCH3 is 1. The van der Waals surface area contributed by atoms with Crippen LogP contribution in [0, 0.1) is 0 Å². The number of halogens is 1. The quantitative estimate of drug-likeness (QED) is 0.912. The maximum atomic E-state index is 11.8. The van der Waals surface area contributed by atoms with E-state index < -0.39 is 0 Å². The smallest absolute Gasteiger partial charge is 0.252 e. The average molecular weight is 272 g/mol. The highest BCUT2D eigenvalue weighted by Crippen LogP contribution is 2.15. The molecule has 82 valence electrons. The Morgan fingerprint density at radius 3 is 2.80 bits per heavy atom. The van der Waals surface area contributed by atoms with Gasteiger partial charge in [0.2, 0.25) is 0 Å². The molecule has 0 spiro atoms. The molecule has 0 aliphatic carbocycles. The minimum atomic E-state index is -0.0907. The number of benzene rings is 1. The van der Waals surface area contributed by atoms with Crippen LogP contribution in [0.4, 0.5) is 0 Å². The van der Waals surface area contributed by atoms with Crippen LogP contribution in [0.25, 0.3) is 0 Å². The van der Waals surface area contributed by atoms with Crippen LogP contribution in [-0.2, 0) is 4.74 Å². The lowest BCUT2D eigenvalue weighted by atomic mass is 10.2. The first kappa shape index (κ1) is 12.2. The lowest BCUT2D eigenvalue weighted by Gasteiger charge is -2.13. The van der Waals surface area contributed by atoms with E-state index in [0.717, 1.165) is 4.47 Å². The predicted octanol–water partition coefficient (Wildman–Crippen LogP) is 2.21. The second kappa shape index (κ2) is 5.88. The van der Waals surface area contributed by atoms with E-state index in [4.69, 9.17) is 4.74 Å². The number of ether oxygens (including phenoxy) is 1. The minimum Gasteiger partial charge on any atom is -0.383 e. The van der Waals surface area contributed by atoms with Gasteiger partial charge in [0.25, 0.3) is 5.91 Å². The summed E-state index contributed by atoms with van der Waals surface area (Å²) in [5.74, 6) is -0.0907. The minimum absolute atomic E-state index is 0.00889. The average Bonchev–Trinajstić information content (AvgIpc) is 2.18. The first-order valence-corrected chi connectivity index (χ1v) is 5.48. The summed E-state index contributed by atoms with van der Waals surface area (Å²) in [5, 5.41) is 2.84. The van der Waals surface area contributed by atoms with Crippen molar-refractivity contribution in [3.05, 3.63) is 34.3 Å². The van der Waals surface area contributed by atoms with Crippen molar-refractivity contribution in [3.8, 4) is 0 Å². The van der Waals surface area contributed by atoms with Gasteiger partial charge < -0.3 is 10.1 Å². The number of carbonyl (C=O) groups excluding carboxylic acids is 1. The molecule has 1 N–H and O–H groups in total. The van der Waals surface area contributed by atoms with Gasteiger partial charge >= 0.3 is 0 Å². The molecule has 1 aromatic rings. The summed E-state index contributed by atoms with van der Waals surface area (Å²) in [6.45, 7) is 2.41. The van der Waals surface area contributed by atoms with Gasteiger partial charge in [0.05, 0.1) is 12.2 Å². The molecule has 1 atom stereocenters. The van der Waals surface area contributed by atoms with Crippen LogP contribution in [0.3, 0.4) is 0 Å². The van der Waals surface area contributed by atoms with Gasteiger partial charge in [-0.05, 0) is 35.0 Å². The second-order valence-corrected chi connectivity index (χ2v) is 4.16. The third-order valence-electron chi connectivity index (χ3n) is 1.91. The van der Waals surface area contributed by atoms with Crippen LogP contribution >= 0.6 is 15.9 Å². The molecule has 0 saturated carbocycles. The fourth-order valence-corrected chi connectivity index (χ4v) is 1.70. The Hall–Kier alpha value is -0.870. The van der Waals surface area contributed by atoms with Crippen LogP contribution < -0.4 is 5.32 Å². The van der Waals surface area contributed by atoms with Crippen LogP contribution in [0.2, 0.25) is 0 Å². The number of carbonyl (C=O) groups is 1. The molecule has 0 unspecified atom stereocenters. The number of rotatable bonds is 4. The van der Waals surface area contributed by atoms with E-state index in [2.05, 4.69) is 21.2 Å². The van der Waals surface area contributed by atoms with Gasteiger partial charge in [0.1, 0.15) is 0 Å². The molecule has 15 heavy (non-hydrogen) atoms. The Bertz CT molecular complexity index is 341. The van der Waals surface area contributed by atoms with E-state index in [1.807, 2.05) is 25.1 Å². The Labute approximate surface area is 97.9 Å². The summed E-state index contributed by atoms with van der Waals surface area (Å²) < 4.78 is 5.74. The van der Waals surface area contributed by atoms with E-state index in [1.54, 1.807) is 13.2 Å². The van der Waals surface area contributed by atoms with Gasteiger partial charge in [-0.1, -0.05) is 12.1 Å². The molecule has 0 radical (unpaired) electrons. The normalized spacial score (nSPS) is 12.2. The third-order valence-corrected chi connectivity index (χ3v) is 2.60. The van der Waals surface area contributed by atoms with Crippen LogP contribution in [-0.4, -0.2) is 25.7 Å². The fraction of sp³-hybridized carbons (Fsp3) is 0.364. The standard InChI is InChI=1S/C11H14BrNO2/c1-8(7-15-2)13-11(14)9-5-3-4-6-10(9)12/h3-6,8H,7H2,1-2H3,(H,13,14)/t8-/m0/s1. The third kappa shape index (κ3) is 3.64. The van der Waals surface area contributed by atoms with E-state index >= 15 is 0 Å². The van der Waals surface area contributed by atoms with E-state index in [-0.39, 0.29) is 11.9 Å². The molecular formula is C11H14BrNO2. The van der Waals surface area contributed by atoms with Gasteiger partial charge in [0.15, 0.2) is 0 Å². The molecule has 4 heteroatoms. The highest BCUT2D eigenvalue weighted by molar-refractivity contribution is 9.10. The summed E-state index contributed by atoms with van der Waals surface area (Å²) in [6, 6.07) is 7.34. The van der Waals surface area contributed by atoms with Crippen LogP contribution in [0.15, 0.2) is 28.7 Å². The van der Waals surface area contributed by atoms with Crippen molar-refractivity contribution < 1.29 is 9.53 Å². The Balaban J connectivity index is 2.65. The second-order valence-electron chi connectivity index (χ2n) is 3.31. The zero-order chi connectivity index (χ0) is 11.3. The molecule has 1 rings (SSSR count). The highest BCUT2D eigenvalue weighted by Gasteiger charge is 2.11. The first-order chi connectivity index (χ1) is 7.15. The van der Waals surface area contributed by atoms with Crippen molar-refractivity contribution in [1.82, 2.24) is 5.32 Å². The van der Waals surface area contributed by atoms with Crippen molar-refractivity contribution in [2.24, 2.45) is 0 Å². The summed E-state index contributed by atoms with van der Waals surface area (Å²) in [5.41, 5.74) is 0.639. The zero-order valence-corrected chi connectivity index (χ0v) is 10.4. The highest BCUT2D eigenvalue weighted by atomic mass is 79.9. The van der Waals surface area contributed by atoms with E-state index in [1.165, 1.54) is 0 Å². The van der Waals surface area contributed by atoms with E-state index in [0.29, 0.717) is 12.2 Å². The topological polar surface area (TPSA) is 38.3 Å². The van der Waals surface area contributed by atoms with Crippen molar-refractivity contribution in [1.29, 1.82) is 0 Å². The van der Waals surface area contributed by atoms with Crippen molar-refractivity contribution in [2.45, 2.75) is 13.0 Å². The summed E-state index contributed by atoms with van der Waals surface area (Å²) >= 11 is 3.33. The zero-order valence-electron chi connectivity index (χ0n) is 8.79. The van der Waals surface area contributed by atoms with Gasteiger partial charge in [-0.25, -0.2) is 0 Å². The SMILES string of the molecule is COC[C@H](C)NC(=O)c1ccccc1Br. The fourth-order valence-electron chi connectivity index (χ4n) is 1.24. The van der Waals surface area contributed by atoms with Crippen molar-refractivity contribution in [2.75, 3.05) is 13.7 Å². The molecule has 0 aromatic heterocycles. The number of amides is 1. The monoisotopic (exact) mass is 271 g/mol. The molecule has 0 saturated heterocycles. The molecule has 0 heterocycles. The molecule has 1 aromatic carbocycles. The number of hydrogen-bond acceptors (Lipinski definition) is 2. The van der Waals surface area contributed by atoms with E-state index in [9.17, 15) is 4.79 Å². The Morgan fingerprint density at radius 2 is 2.20 bits per heavy atom. The van der Waals surface area contributed by atoms with Crippen LogP contribution in [0.5, 0.6) is 0 Å². The maximum absolute atomic E-state index is 11.8. The first-order valence-electron chi connectivity index (χ1n) is 4.69. The molecule has 0 bridgehead atoms. The molecule has 0 aliphatic heterocycles. The van der Waals surface area contributed by atoms with Crippen LogP contribution in [0.1, 0.15) is 17.3 Å². The van der Waals surface area contributed by atoms with Gasteiger partial charge in [-0.15, -0.1) is 0 Å². The lowest BCUT2D eigenvalue weighted by molar-refractivity contribution is 0.0905.